The van der Waals surface area contributed by atoms with E-state index in [1.807, 2.05) is 74.5 Å². The van der Waals surface area contributed by atoms with Gasteiger partial charge in [-0.15, -0.1) is 0 Å². The van der Waals surface area contributed by atoms with Crippen molar-refractivity contribution in [1.29, 1.82) is 0 Å². The van der Waals surface area contributed by atoms with Gasteiger partial charge in [-0.25, -0.2) is 4.79 Å². The van der Waals surface area contributed by atoms with Crippen LogP contribution in [0.4, 0.5) is 0 Å². The minimum Gasteiger partial charge on any atom is -0.493 e. The van der Waals surface area contributed by atoms with Crippen LogP contribution in [0.5, 0.6) is 11.5 Å². The van der Waals surface area contributed by atoms with Crippen LogP contribution in [0.15, 0.2) is 87.6 Å². The number of allylic oxidation sites excluding steroid dienone is 3. The summed E-state index contributed by atoms with van der Waals surface area (Å²) >= 11 is 0. The lowest BCUT2D eigenvalue weighted by atomic mass is 9.73. The van der Waals surface area contributed by atoms with Gasteiger partial charge in [0.15, 0.2) is 17.3 Å². The van der Waals surface area contributed by atoms with E-state index >= 15 is 0 Å². The van der Waals surface area contributed by atoms with Crippen LogP contribution in [0, 0.1) is 6.92 Å². The first kappa shape index (κ1) is 26.4. The number of Topliss-reactive ketones (excluding diaryl/α,β-unsaturated/α-hetero) is 1. The van der Waals surface area contributed by atoms with E-state index in [1.165, 1.54) is 0 Å². The molecule has 39 heavy (non-hydrogen) atoms. The summed E-state index contributed by atoms with van der Waals surface area (Å²) in [4.78, 5) is 27.2. The van der Waals surface area contributed by atoms with Crippen molar-refractivity contribution in [2.24, 2.45) is 0 Å². The molecule has 0 bridgehead atoms. The summed E-state index contributed by atoms with van der Waals surface area (Å²) in [6.45, 7) is 3.94. The number of carbonyl (C=O) groups excluding carboxylic acids is 2. The molecule has 0 unspecified atom stereocenters. The fourth-order valence-electron chi connectivity index (χ4n) is 5.53. The lowest BCUT2D eigenvalue weighted by Gasteiger charge is -2.35. The van der Waals surface area contributed by atoms with Crippen molar-refractivity contribution in [3.63, 3.8) is 0 Å². The average Bonchev–Trinajstić information content (AvgIpc) is 3.38. The van der Waals surface area contributed by atoms with Crippen molar-refractivity contribution in [3.8, 4) is 11.5 Å². The Morgan fingerprint density at radius 1 is 0.974 bits per heavy atom. The van der Waals surface area contributed by atoms with Gasteiger partial charge in [0.2, 0.25) is 0 Å². The summed E-state index contributed by atoms with van der Waals surface area (Å²) in [7, 11) is 3.20. The number of hydrogen-bond acceptors (Lipinski definition) is 7. The Balaban J connectivity index is 1.44. The van der Waals surface area contributed by atoms with E-state index in [1.54, 1.807) is 14.2 Å². The van der Waals surface area contributed by atoms with Crippen molar-refractivity contribution in [3.05, 3.63) is 106 Å². The number of nitrogens with one attached hydrogen (secondary N) is 1. The number of esters is 1. The molecule has 1 aromatic heterocycles. The van der Waals surface area contributed by atoms with E-state index in [4.69, 9.17) is 18.6 Å². The average molecular weight is 528 g/mol. The molecule has 0 saturated carbocycles. The Morgan fingerprint density at radius 2 is 1.74 bits per heavy atom. The second kappa shape index (κ2) is 11.2. The standard InChI is InChI=1S/C32H33NO6/c1-19-10-12-27(39-19)31-29(32(35)38-15-14-21-8-6-5-7-9-21)20(2)33-24-16-23(17-25(34)30(24)31)22-11-13-26(36-3)28(18-22)37-4/h5-13,18,23,31,33H,14-17H2,1-4H3/t23-,31+/m1/s1. The first-order valence-electron chi connectivity index (χ1n) is 13.1. The number of methoxy groups -OCH3 is 2. The van der Waals surface area contributed by atoms with Crippen LogP contribution in [0.2, 0.25) is 0 Å². The lowest BCUT2D eigenvalue weighted by molar-refractivity contribution is -0.139. The molecule has 3 aromatic rings. The third-order valence-electron chi connectivity index (χ3n) is 7.44. The number of ether oxygens (including phenoxy) is 3. The molecular weight excluding hydrogens is 494 g/mol. The molecule has 0 fully saturated rings. The van der Waals surface area contributed by atoms with Crippen LogP contribution in [0.3, 0.4) is 0 Å². The number of rotatable bonds is 8. The van der Waals surface area contributed by atoms with Crippen LogP contribution in [0.25, 0.3) is 0 Å². The number of dihydropyridines is 1. The number of carbonyl (C=O) groups is 2. The van der Waals surface area contributed by atoms with Gasteiger partial charge < -0.3 is 23.9 Å². The first-order chi connectivity index (χ1) is 18.9. The second-order valence-corrected chi connectivity index (χ2v) is 9.95. The Bertz CT molecular complexity index is 1450. The SMILES string of the molecule is COc1ccc([C@H]2CC(=O)C3=C(C2)NC(C)=C(C(=O)OCCc2ccccc2)[C@@H]3c2ccc(C)o2)cc1OC. The highest BCUT2D eigenvalue weighted by atomic mass is 16.5. The molecule has 1 aliphatic carbocycles. The summed E-state index contributed by atoms with van der Waals surface area (Å²) in [5.41, 5.74) is 4.54. The molecule has 1 aliphatic heterocycles. The van der Waals surface area contributed by atoms with Crippen molar-refractivity contribution >= 4 is 11.8 Å². The second-order valence-electron chi connectivity index (χ2n) is 9.95. The molecule has 0 radical (unpaired) electrons. The van der Waals surface area contributed by atoms with Gasteiger partial charge >= 0.3 is 5.97 Å². The van der Waals surface area contributed by atoms with Gasteiger partial charge in [0.25, 0.3) is 0 Å². The van der Waals surface area contributed by atoms with E-state index in [0.717, 1.165) is 16.8 Å². The number of ketones is 1. The summed E-state index contributed by atoms with van der Waals surface area (Å²) in [6.07, 6.45) is 1.53. The summed E-state index contributed by atoms with van der Waals surface area (Å²) in [6, 6.07) is 19.3. The number of furan rings is 1. The minimum absolute atomic E-state index is 0.0235. The van der Waals surface area contributed by atoms with Gasteiger partial charge in [-0.05, 0) is 61.6 Å². The molecule has 2 aromatic carbocycles. The quantitative estimate of drug-likeness (QED) is 0.373. The van der Waals surface area contributed by atoms with E-state index < -0.39 is 11.9 Å². The maximum Gasteiger partial charge on any atom is 0.336 e. The van der Waals surface area contributed by atoms with Crippen LogP contribution in [0.1, 0.15) is 54.2 Å². The molecule has 202 valence electrons. The molecule has 2 atom stereocenters. The summed E-state index contributed by atoms with van der Waals surface area (Å²) in [5, 5.41) is 3.39. The number of aryl methyl sites for hydroxylation is 1. The monoisotopic (exact) mass is 527 g/mol. The maximum atomic E-state index is 13.8. The van der Waals surface area contributed by atoms with Crippen molar-refractivity contribution in [2.75, 3.05) is 20.8 Å². The van der Waals surface area contributed by atoms with Crippen LogP contribution in [-0.4, -0.2) is 32.6 Å². The van der Waals surface area contributed by atoms with E-state index in [9.17, 15) is 9.59 Å². The third kappa shape index (κ3) is 5.35. The van der Waals surface area contributed by atoms with Crippen molar-refractivity contribution in [2.45, 2.75) is 44.9 Å². The highest BCUT2D eigenvalue weighted by molar-refractivity contribution is 6.04. The van der Waals surface area contributed by atoms with E-state index in [0.29, 0.717) is 59.1 Å². The van der Waals surface area contributed by atoms with Gasteiger partial charge in [-0.1, -0.05) is 36.4 Å². The first-order valence-corrected chi connectivity index (χ1v) is 13.1. The summed E-state index contributed by atoms with van der Waals surface area (Å²) < 4.78 is 22.6. The van der Waals surface area contributed by atoms with Gasteiger partial charge in [0.05, 0.1) is 32.3 Å². The minimum atomic E-state index is -0.627. The van der Waals surface area contributed by atoms with Crippen molar-refractivity contribution < 1.29 is 28.2 Å². The Morgan fingerprint density at radius 3 is 2.44 bits per heavy atom. The smallest absolute Gasteiger partial charge is 0.336 e. The van der Waals surface area contributed by atoms with Crippen LogP contribution < -0.4 is 14.8 Å². The molecular formula is C32H33NO6. The predicted molar refractivity (Wildman–Crippen MR) is 147 cm³/mol. The maximum absolute atomic E-state index is 13.8. The molecule has 0 spiro atoms. The normalized spacial score (nSPS) is 18.9. The molecule has 7 heteroatoms. The fourth-order valence-corrected chi connectivity index (χ4v) is 5.53. The van der Waals surface area contributed by atoms with Gasteiger partial charge in [-0.3, -0.25) is 4.79 Å². The Labute approximate surface area is 228 Å². The Kier molecular flexibility index (Phi) is 7.59. The van der Waals surface area contributed by atoms with Crippen LogP contribution >= 0.6 is 0 Å². The molecule has 2 heterocycles. The van der Waals surface area contributed by atoms with E-state index in [2.05, 4.69) is 5.32 Å². The van der Waals surface area contributed by atoms with Crippen LogP contribution in [-0.2, 0) is 20.7 Å². The largest absolute Gasteiger partial charge is 0.493 e. The fraction of sp³-hybridized carbons (Fsp3) is 0.312. The van der Waals surface area contributed by atoms with Crippen molar-refractivity contribution in [1.82, 2.24) is 5.32 Å². The molecule has 7 nitrogen and oxygen atoms in total. The zero-order valence-electron chi connectivity index (χ0n) is 22.7. The topological polar surface area (TPSA) is 87.0 Å². The molecule has 5 rings (SSSR count). The predicted octanol–water partition coefficient (Wildman–Crippen LogP) is 5.75. The zero-order valence-corrected chi connectivity index (χ0v) is 22.7. The lowest BCUT2D eigenvalue weighted by Crippen LogP contribution is -2.36. The molecule has 1 N–H and O–H groups in total. The summed E-state index contributed by atoms with van der Waals surface area (Å²) in [5.74, 6) is 1.40. The van der Waals surface area contributed by atoms with Gasteiger partial charge in [0, 0.05) is 29.8 Å². The van der Waals surface area contributed by atoms with Gasteiger partial charge in [-0.2, -0.15) is 0 Å². The highest BCUT2D eigenvalue weighted by Gasteiger charge is 2.43. The number of benzene rings is 2. The number of hydrogen-bond donors (Lipinski definition) is 1. The highest BCUT2D eigenvalue weighted by Crippen LogP contribution is 2.46. The molecule has 0 saturated heterocycles. The zero-order chi connectivity index (χ0) is 27.5. The third-order valence-corrected chi connectivity index (χ3v) is 7.44. The Hall–Kier alpha value is -4.26. The van der Waals surface area contributed by atoms with E-state index in [-0.39, 0.29) is 18.3 Å². The van der Waals surface area contributed by atoms with Gasteiger partial charge in [0.1, 0.15) is 11.5 Å². The molecule has 0 amide bonds. The molecule has 2 aliphatic rings.